The summed E-state index contributed by atoms with van der Waals surface area (Å²) in [5.41, 5.74) is 6.45. The minimum Gasteiger partial charge on any atom is -0.320 e. The topological polar surface area (TPSA) is 41.5 Å². The van der Waals surface area contributed by atoms with Gasteiger partial charge in [-0.05, 0) is 49.6 Å². The van der Waals surface area contributed by atoms with Crippen molar-refractivity contribution in [3.63, 3.8) is 0 Å². The molecule has 0 fully saturated rings. The lowest BCUT2D eigenvalue weighted by Gasteiger charge is -2.06. The van der Waals surface area contributed by atoms with E-state index < -0.39 is 0 Å². The molecule has 1 heterocycles. The highest BCUT2D eigenvalue weighted by molar-refractivity contribution is 9.10. The molecule has 0 radical (unpaired) electrons. The molecule has 3 rings (SSSR count). The summed E-state index contributed by atoms with van der Waals surface area (Å²) < 4.78 is 0.966. The van der Waals surface area contributed by atoms with Crippen LogP contribution < -0.4 is 5.32 Å². The number of aliphatic imine (C=N–C) groups is 1. The fourth-order valence-electron chi connectivity index (χ4n) is 2.73. The summed E-state index contributed by atoms with van der Waals surface area (Å²) in [7, 11) is 0. The Hall–Kier alpha value is -1.94. The van der Waals surface area contributed by atoms with Crippen molar-refractivity contribution < 1.29 is 4.79 Å². The van der Waals surface area contributed by atoms with Gasteiger partial charge in [-0.1, -0.05) is 40.5 Å². The lowest BCUT2D eigenvalue weighted by molar-refractivity contribution is -0.110. The van der Waals surface area contributed by atoms with E-state index >= 15 is 0 Å². The minimum atomic E-state index is -0.136. The molecule has 2 aromatic rings. The van der Waals surface area contributed by atoms with E-state index in [-0.39, 0.29) is 5.91 Å². The maximum Gasteiger partial charge on any atom is 0.275 e. The highest BCUT2D eigenvalue weighted by Crippen LogP contribution is 2.33. The minimum absolute atomic E-state index is 0.136. The monoisotopic (exact) mass is 356 g/mol. The van der Waals surface area contributed by atoms with Crippen LogP contribution in [0.5, 0.6) is 0 Å². The van der Waals surface area contributed by atoms with Gasteiger partial charge in [0.2, 0.25) is 0 Å². The summed E-state index contributed by atoms with van der Waals surface area (Å²) in [5, 5.41) is 2.95. The molecule has 0 aromatic heterocycles. The van der Waals surface area contributed by atoms with E-state index in [1.807, 2.05) is 38.1 Å². The van der Waals surface area contributed by atoms with Crippen LogP contribution in [0.25, 0.3) is 0 Å². The van der Waals surface area contributed by atoms with Gasteiger partial charge >= 0.3 is 0 Å². The van der Waals surface area contributed by atoms with Gasteiger partial charge in [0, 0.05) is 10.0 Å². The standard InChI is InChI=1S/C18H17BrN2O/c1-4-12-8-13(19)9-14-16(12)21-18(22)17(14)20-15-6-5-10(2)7-11(15)3/h5-9H,4H2,1-3H3,(H,20,21,22). The smallest absolute Gasteiger partial charge is 0.275 e. The van der Waals surface area contributed by atoms with Gasteiger partial charge in [-0.25, -0.2) is 4.99 Å². The Balaban J connectivity index is 2.16. The SMILES string of the molecule is CCc1cc(Br)cc2c1NC(=O)C2=Nc1ccc(C)cc1C. The Morgan fingerprint density at radius 1 is 1.18 bits per heavy atom. The van der Waals surface area contributed by atoms with E-state index in [1.165, 1.54) is 5.56 Å². The van der Waals surface area contributed by atoms with Crippen molar-refractivity contribution >= 4 is 38.9 Å². The Kier molecular flexibility index (Phi) is 3.87. The average Bonchev–Trinajstić information content (AvgIpc) is 2.77. The Morgan fingerprint density at radius 2 is 1.95 bits per heavy atom. The molecular formula is C18H17BrN2O. The molecule has 0 atom stereocenters. The number of anilines is 1. The van der Waals surface area contributed by atoms with Gasteiger partial charge in [0.1, 0.15) is 5.71 Å². The normalized spacial score (nSPS) is 15.1. The van der Waals surface area contributed by atoms with E-state index in [2.05, 4.69) is 39.2 Å². The molecule has 0 unspecified atom stereocenters. The molecule has 0 aliphatic carbocycles. The fraction of sp³-hybridized carbons (Fsp3) is 0.222. The van der Waals surface area contributed by atoms with Crippen molar-refractivity contribution in [3.05, 3.63) is 57.1 Å². The number of nitrogens with zero attached hydrogens (tertiary/aromatic N) is 1. The predicted octanol–water partition coefficient (Wildman–Crippen LogP) is 4.70. The van der Waals surface area contributed by atoms with E-state index in [0.29, 0.717) is 5.71 Å². The van der Waals surface area contributed by atoms with Crippen molar-refractivity contribution in [2.45, 2.75) is 27.2 Å². The second kappa shape index (κ2) is 5.69. The molecule has 1 aliphatic heterocycles. The lowest BCUT2D eigenvalue weighted by Crippen LogP contribution is -2.14. The second-order valence-electron chi connectivity index (χ2n) is 5.55. The molecule has 2 aromatic carbocycles. The van der Waals surface area contributed by atoms with Crippen LogP contribution in [0.1, 0.15) is 29.2 Å². The van der Waals surface area contributed by atoms with Crippen LogP contribution in [-0.4, -0.2) is 11.6 Å². The van der Waals surface area contributed by atoms with E-state index in [1.54, 1.807) is 0 Å². The van der Waals surface area contributed by atoms with Crippen molar-refractivity contribution in [3.8, 4) is 0 Å². The summed E-state index contributed by atoms with van der Waals surface area (Å²) in [5.74, 6) is -0.136. The van der Waals surface area contributed by atoms with Crippen LogP contribution in [0.3, 0.4) is 0 Å². The molecule has 112 valence electrons. The molecule has 1 N–H and O–H groups in total. The number of hydrogen-bond acceptors (Lipinski definition) is 2. The van der Waals surface area contributed by atoms with Crippen LogP contribution in [-0.2, 0) is 11.2 Å². The summed E-state index contributed by atoms with van der Waals surface area (Å²) in [4.78, 5) is 17.0. The van der Waals surface area contributed by atoms with Crippen molar-refractivity contribution in [2.75, 3.05) is 5.32 Å². The van der Waals surface area contributed by atoms with Crippen molar-refractivity contribution in [1.82, 2.24) is 0 Å². The van der Waals surface area contributed by atoms with Crippen LogP contribution in [0.15, 0.2) is 39.8 Å². The molecule has 3 nitrogen and oxygen atoms in total. The summed E-state index contributed by atoms with van der Waals surface area (Å²) in [6.07, 6.45) is 0.860. The third-order valence-electron chi connectivity index (χ3n) is 3.86. The van der Waals surface area contributed by atoms with Crippen LogP contribution in [0.2, 0.25) is 0 Å². The maximum atomic E-state index is 12.3. The van der Waals surface area contributed by atoms with Crippen LogP contribution >= 0.6 is 15.9 Å². The van der Waals surface area contributed by atoms with Gasteiger partial charge in [-0.2, -0.15) is 0 Å². The number of amides is 1. The van der Waals surface area contributed by atoms with Crippen LogP contribution in [0.4, 0.5) is 11.4 Å². The Morgan fingerprint density at radius 3 is 2.64 bits per heavy atom. The molecule has 4 heteroatoms. The fourth-order valence-corrected chi connectivity index (χ4v) is 3.24. The number of benzene rings is 2. The Bertz CT molecular complexity index is 809. The summed E-state index contributed by atoms with van der Waals surface area (Å²) >= 11 is 3.52. The molecule has 1 amide bonds. The number of halogens is 1. The molecule has 0 saturated heterocycles. The molecule has 0 bridgehead atoms. The van der Waals surface area contributed by atoms with E-state index in [9.17, 15) is 4.79 Å². The molecule has 1 aliphatic rings. The number of aryl methyl sites for hydroxylation is 3. The predicted molar refractivity (Wildman–Crippen MR) is 94.3 cm³/mol. The van der Waals surface area contributed by atoms with Crippen molar-refractivity contribution in [1.29, 1.82) is 0 Å². The molecule has 22 heavy (non-hydrogen) atoms. The first-order chi connectivity index (χ1) is 10.5. The first kappa shape index (κ1) is 15.0. The number of rotatable bonds is 2. The van der Waals surface area contributed by atoms with E-state index in [4.69, 9.17) is 0 Å². The molecule has 0 saturated carbocycles. The summed E-state index contributed by atoms with van der Waals surface area (Å²) in [6, 6.07) is 10.0. The first-order valence-corrected chi connectivity index (χ1v) is 8.09. The lowest BCUT2D eigenvalue weighted by atomic mass is 10.0. The quantitative estimate of drug-likeness (QED) is 0.832. The zero-order valence-corrected chi connectivity index (χ0v) is 14.4. The van der Waals surface area contributed by atoms with Gasteiger partial charge in [-0.15, -0.1) is 0 Å². The highest BCUT2D eigenvalue weighted by Gasteiger charge is 2.28. The third-order valence-corrected chi connectivity index (χ3v) is 4.32. The zero-order valence-electron chi connectivity index (χ0n) is 12.8. The van der Waals surface area contributed by atoms with Gasteiger partial charge in [0.25, 0.3) is 5.91 Å². The highest BCUT2D eigenvalue weighted by atomic mass is 79.9. The van der Waals surface area contributed by atoms with Gasteiger partial charge in [0.15, 0.2) is 0 Å². The first-order valence-electron chi connectivity index (χ1n) is 7.29. The van der Waals surface area contributed by atoms with Crippen LogP contribution in [0, 0.1) is 13.8 Å². The number of nitrogens with one attached hydrogen (secondary N) is 1. The molecular weight excluding hydrogens is 340 g/mol. The molecule has 0 spiro atoms. The third kappa shape index (κ3) is 2.59. The van der Waals surface area contributed by atoms with Gasteiger partial charge < -0.3 is 5.32 Å². The van der Waals surface area contributed by atoms with E-state index in [0.717, 1.165) is 39.0 Å². The number of fused-ring (bicyclic) bond motifs is 1. The average molecular weight is 357 g/mol. The van der Waals surface area contributed by atoms with Gasteiger partial charge in [-0.3, -0.25) is 4.79 Å². The largest absolute Gasteiger partial charge is 0.320 e. The zero-order chi connectivity index (χ0) is 15.9. The van der Waals surface area contributed by atoms with Gasteiger partial charge in [0.05, 0.1) is 11.4 Å². The Labute approximate surface area is 138 Å². The number of carbonyl (C=O) groups is 1. The number of hydrogen-bond donors (Lipinski definition) is 1. The summed E-state index contributed by atoms with van der Waals surface area (Å²) in [6.45, 7) is 6.14. The number of carbonyl (C=O) groups excluding carboxylic acids is 1. The van der Waals surface area contributed by atoms with Crippen molar-refractivity contribution in [2.24, 2.45) is 4.99 Å². The maximum absolute atomic E-state index is 12.3. The second-order valence-corrected chi connectivity index (χ2v) is 6.46.